The van der Waals surface area contributed by atoms with Crippen molar-refractivity contribution in [2.45, 2.75) is 0 Å². The lowest BCUT2D eigenvalue weighted by molar-refractivity contribution is 0.0690. The molecule has 0 aliphatic carbocycles. The molecule has 7 heteroatoms. The fourth-order valence-corrected chi connectivity index (χ4v) is 1.59. The molecule has 1 aromatic heterocycles. The lowest BCUT2D eigenvalue weighted by Crippen LogP contribution is -2.47. The van der Waals surface area contributed by atoms with E-state index in [9.17, 15) is 4.79 Å². The van der Waals surface area contributed by atoms with E-state index >= 15 is 0 Å². The molecular formula is C10H15N5O2. The molecule has 7 nitrogen and oxygen atoms in total. The van der Waals surface area contributed by atoms with Crippen molar-refractivity contribution in [2.75, 3.05) is 38.7 Å². The predicted molar refractivity (Wildman–Crippen MR) is 61.7 cm³/mol. The normalized spacial score (nSPS) is 17.9. The van der Waals surface area contributed by atoms with Gasteiger partial charge in [-0.15, -0.1) is 0 Å². The van der Waals surface area contributed by atoms with E-state index in [0.717, 1.165) is 26.2 Å². The van der Waals surface area contributed by atoms with Crippen molar-refractivity contribution >= 4 is 11.9 Å². The minimum Gasteiger partial charge on any atom is -0.477 e. The molecule has 0 spiro atoms. The number of nitrogens with zero attached hydrogens (tertiary/aromatic N) is 4. The summed E-state index contributed by atoms with van der Waals surface area (Å²) in [5.41, 5.74) is 3.01. The number of aromatic nitrogens is 2. The second-order valence-electron chi connectivity index (χ2n) is 3.97. The smallest absolute Gasteiger partial charge is 0.354 e. The molecule has 17 heavy (non-hydrogen) atoms. The average molecular weight is 237 g/mol. The van der Waals surface area contributed by atoms with Crippen LogP contribution >= 0.6 is 0 Å². The summed E-state index contributed by atoms with van der Waals surface area (Å²) in [6.07, 6.45) is 1.44. The number of aromatic carboxylic acids is 1. The summed E-state index contributed by atoms with van der Waals surface area (Å²) in [6.45, 7) is 3.64. The van der Waals surface area contributed by atoms with Crippen LogP contribution in [0.2, 0.25) is 0 Å². The second-order valence-corrected chi connectivity index (χ2v) is 3.97. The molecule has 2 heterocycles. The van der Waals surface area contributed by atoms with Crippen LogP contribution in [0.15, 0.2) is 12.3 Å². The van der Waals surface area contributed by atoms with Gasteiger partial charge in [-0.3, -0.25) is 5.43 Å². The number of piperazine rings is 1. The number of likely N-dealkylation sites (N-methyl/N-ethyl adjacent to an activating group) is 1. The van der Waals surface area contributed by atoms with Gasteiger partial charge in [0.15, 0.2) is 5.69 Å². The highest BCUT2D eigenvalue weighted by Crippen LogP contribution is 2.04. The van der Waals surface area contributed by atoms with Gasteiger partial charge in [-0.2, -0.15) is 0 Å². The Labute approximate surface area is 99.0 Å². The third kappa shape index (κ3) is 3.11. The lowest BCUT2D eigenvalue weighted by atomic mass is 10.4. The molecule has 1 saturated heterocycles. The van der Waals surface area contributed by atoms with Crippen molar-refractivity contribution in [2.24, 2.45) is 0 Å². The zero-order valence-electron chi connectivity index (χ0n) is 9.63. The third-order valence-corrected chi connectivity index (χ3v) is 2.64. The van der Waals surface area contributed by atoms with Crippen LogP contribution in [0.4, 0.5) is 5.95 Å². The maximum absolute atomic E-state index is 10.8. The Bertz CT molecular complexity index is 403. The zero-order chi connectivity index (χ0) is 12.3. The standard InChI is InChI=1S/C10H15N5O2/c1-14-4-6-15(7-5-14)13-10-11-3-2-8(12-10)9(16)17/h2-3H,4-7H2,1H3,(H,16,17)(H,11,12,13). The van der Waals surface area contributed by atoms with Crippen molar-refractivity contribution in [1.29, 1.82) is 0 Å². The molecule has 0 atom stereocenters. The van der Waals surface area contributed by atoms with Crippen molar-refractivity contribution < 1.29 is 9.90 Å². The molecular weight excluding hydrogens is 222 g/mol. The van der Waals surface area contributed by atoms with Crippen molar-refractivity contribution in [3.8, 4) is 0 Å². The van der Waals surface area contributed by atoms with Gasteiger partial charge in [0.25, 0.3) is 0 Å². The number of hydrogen-bond donors (Lipinski definition) is 2. The van der Waals surface area contributed by atoms with Gasteiger partial charge in [0.1, 0.15) is 0 Å². The number of hydrogen-bond acceptors (Lipinski definition) is 6. The van der Waals surface area contributed by atoms with Crippen LogP contribution in [0, 0.1) is 0 Å². The topological polar surface area (TPSA) is 81.6 Å². The first-order valence-corrected chi connectivity index (χ1v) is 5.41. The predicted octanol–water partition coefficient (Wildman–Crippen LogP) is -0.251. The Morgan fingerprint density at radius 3 is 2.76 bits per heavy atom. The first kappa shape index (κ1) is 11.7. The van der Waals surface area contributed by atoms with Gasteiger partial charge in [-0.05, 0) is 13.1 Å². The lowest BCUT2D eigenvalue weighted by Gasteiger charge is -2.32. The second kappa shape index (κ2) is 5.07. The summed E-state index contributed by atoms with van der Waals surface area (Å²) in [4.78, 5) is 20.9. The molecule has 0 radical (unpaired) electrons. The van der Waals surface area contributed by atoms with Crippen molar-refractivity contribution in [3.05, 3.63) is 18.0 Å². The summed E-state index contributed by atoms with van der Waals surface area (Å²) in [7, 11) is 2.07. The molecule has 0 saturated carbocycles. The zero-order valence-corrected chi connectivity index (χ0v) is 9.63. The minimum atomic E-state index is -1.05. The molecule has 0 aromatic carbocycles. The molecule has 1 aliphatic heterocycles. The summed E-state index contributed by atoms with van der Waals surface area (Å²) >= 11 is 0. The number of hydrazine groups is 1. The third-order valence-electron chi connectivity index (χ3n) is 2.64. The quantitative estimate of drug-likeness (QED) is 0.750. The molecule has 0 amide bonds. The van der Waals surface area contributed by atoms with E-state index in [-0.39, 0.29) is 5.69 Å². The van der Waals surface area contributed by atoms with E-state index in [0.29, 0.717) is 5.95 Å². The van der Waals surface area contributed by atoms with E-state index in [1.807, 2.05) is 5.01 Å². The van der Waals surface area contributed by atoms with Gasteiger partial charge in [-0.25, -0.2) is 19.8 Å². The van der Waals surface area contributed by atoms with E-state index in [2.05, 4.69) is 27.3 Å². The largest absolute Gasteiger partial charge is 0.477 e. The summed E-state index contributed by atoms with van der Waals surface area (Å²) in [6, 6.07) is 1.37. The molecule has 0 unspecified atom stereocenters. The Morgan fingerprint density at radius 1 is 1.41 bits per heavy atom. The molecule has 2 rings (SSSR count). The average Bonchev–Trinajstić information content (AvgIpc) is 2.32. The highest BCUT2D eigenvalue weighted by molar-refractivity contribution is 5.85. The summed E-state index contributed by atoms with van der Waals surface area (Å²) < 4.78 is 0. The monoisotopic (exact) mass is 237 g/mol. The van der Waals surface area contributed by atoms with Gasteiger partial charge >= 0.3 is 5.97 Å². The number of anilines is 1. The van der Waals surface area contributed by atoms with Crippen LogP contribution in [0.5, 0.6) is 0 Å². The van der Waals surface area contributed by atoms with Gasteiger partial charge < -0.3 is 10.0 Å². The Balaban J connectivity index is 1.98. The number of rotatable bonds is 3. The summed E-state index contributed by atoms with van der Waals surface area (Å²) in [5.74, 6) is -0.719. The fraction of sp³-hybridized carbons (Fsp3) is 0.500. The van der Waals surface area contributed by atoms with E-state index in [1.165, 1.54) is 12.3 Å². The minimum absolute atomic E-state index is 0.00312. The van der Waals surface area contributed by atoms with Crippen LogP contribution in [0.1, 0.15) is 10.5 Å². The first-order valence-electron chi connectivity index (χ1n) is 5.41. The van der Waals surface area contributed by atoms with Gasteiger partial charge in [-0.1, -0.05) is 0 Å². The van der Waals surface area contributed by atoms with Crippen LogP contribution < -0.4 is 5.43 Å². The highest BCUT2D eigenvalue weighted by Gasteiger charge is 2.15. The maximum atomic E-state index is 10.8. The van der Waals surface area contributed by atoms with E-state index < -0.39 is 5.97 Å². The Morgan fingerprint density at radius 2 is 2.12 bits per heavy atom. The van der Waals surface area contributed by atoms with Crippen LogP contribution in [0.3, 0.4) is 0 Å². The maximum Gasteiger partial charge on any atom is 0.354 e. The van der Waals surface area contributed by atoms with Gasteiger partial charge in [0.2, 0.25) is 5.95 Å². The number of nitrogens with one attached hydrogen (secondary N) is 1. The van der Waals surface area contributed by atoms with E-state index in [1.54, 1.807) is 0 Å². The SMILES string of the molecule is CN1CCN(Nc2nccc(C(=O)O)n2)CC1. The molecule has 0 bridgehead atoms. The van der Waals surface area contributed by atoms with E-state index in [4.69, 9.17) is 5.11 Å². The number of carboxylic acids is 1. The molecule has 92 valence electrons. The summed E-state index contributed by atoms with van der Waals surface area (Å²) in [5, 5.41) is 10.8. The fourth-order valence-electron chi connectivity index (χ4n) is 1.59. The highest BCUT2D eigenvalue weighted by atomic mass is 16.4. The van der Waals surface area contributed by atoms with Gasteiger partial charge in [0, 0.05) is 32.4 Å². The first-order chi connectivity index (χ1) is 8.15. The number of carboxylic acid groups (broad SMARTS) is 1. The Hall–Kier alpha value is -1.73. The van der Waals surface area contributed by atoms with Crippen LogP contribution in [-0.2, 0) is 0 Å². The van der Waals surface area contributed by atoms with Crippen molar-refractivity contribution in [3.63, 3.8) is 0 Å². The molecule has 1 aliphatic rings. The van der Waals surface area contributed by atoms with Crippen LogP contribution in [-0.4, -0.2) is 64.2 Å². The number of carbonyl (C=O) groups is 1. The molecule has 2 N–H and O–H groups in total. The molecule has 1 aromatic rings. The van der Waals surface area contributed by atoms with Crippen molar-refractivity contribution in [1.82, 2.24) is 19.9 Å². The molecule has 1 fully saturated rings. The van der Waals surface area contributed by atoms with Gasteiger partial charge in [0.05, 0.1) is 0 Å². The Kier molecular flexibility index (Phi) is 3.50. The van der Waals surface area contributed by atoms with Crippen LogP contribution in [0.25, 0.3) is 0 Å².